The van der Waals surface area contributed by atoms with Crippen LogP contribution >= 0.6 is 11.8 Å². The van der Waals surface area contributed by atoms with E-state index >= 15 is 0 Å². The molecule has 0 bridgehead atoms. The quantitative estimate of drug-likeness (QED) is 0.829. The van der Waals surface area contributed by atoms with Gasteiger partial charge in [0.05, 0.1) is 11.4 Å². The Morgan fingerprint density at radius 1 is 1.36 bits per heavy atom. The Labute approximate surface area is 133 Å². The number of hydrogen-bond donors (Lipinski definition) is 1. The Balaban J connectivity index is 1.98. The molecule has 2 rings (SSSR count). The van der Waals surface area contributed by atoms with E-state index in [9.17, 15) is 9.18 Å². The molecule has 0 saturated heterocycles. The maximum absolute atomic E-state index is 13.5. The molecule has 0 atom stereocenters. The normalized spacial score (nSPS) is 11.0. The molecule has 0 saturated carbocycles. The first-order valence-electron chi connectivity index (χ1n) is 7.13. The van der Waals surface area contributed by atoms with Gasteiger partial charge in [0.25, 0.3) is 0 Å². The summed E-state index contributed by atoms with van der Waals surface area (Å²) in [5.74, 6) is 0.616. The van der Waals surface area contributed by atoms with Gasteiger partial charge in [0.2, 0.25) is 5.91 Å². The Morgan fingerprint density at radius 3 is 2.73 bits per heavy atom. The fourth-order valence-electron chi connectivity index (χ4n) is 2.01. The zero-order valence-electron chi connectivity index (χ0n) is 12.8. The van der Waals surface area contributed by atoms with Crippen LogP contribution in [0.15, 0.2) is 29.4 Å². The summed E-state index contributed by atoms with van der Waals surface area (Å²) in [7, 11) is 0. The van der Waals surface area contributed by atoms with Crippen molar-refractivity contribution in [1.82, 2.24) is 14.8 Å². The van der Waals surface area contributed by atoms with Crippen LogP contribution in [0.3, 0.4) is 0 Å². The third kappa shape index (κ3) is 3.85. The molecule has 22 heavy (non-hydrogen) atoms. The molecule has 0 aliphatic heterocycles. The molecule has 1 amide bonds. The monoisotopic (exact) mass is 322 g/mol. The van der Waals surface area contributed by atoms with E-state index < -0.39 is 5.82 Å². The number of hydrogen-bond acceptors (Lipinski definition) is 4. The van der Waals surface area contributed by atoms with Crippen LogP contribution in [0.25, 0.3) is 0 Å². The van der Waals surface area contributed by atoms with Gasteiger partial charge in [-0.05, 0) is 19.1 Å². The second-order valence-corrected chi connectivity index (χ2v) is 6.00. The highest BCUT2D eigenvalue weighted by atomic mass is 32.2. The first-order chi connectivity index (χ1) is 10.5. The van der Waals surface area contributed by atoms with Gasteiger partial charge in [-0.1, -0.05) is 37.7 Å². The van der Waals surface area contributed by atoms with Gasteiger partial charge in [-0.2, -0.15) is 0 Å². The van der Waals surface area contributed by atoms with Crippen molar-refractivity contribution in [3.63, 3.8) is 0 Å². The van der Waals surface area contributed by atoms with Gasteiger partial charge in [0.1, 0.15) is 11.6 Å². The average Bonchev–Trinajstić information content (AvgIpc) is 2.90. The number of thioether (sulfide) groups is 1. The smallest absolute Gasteiger partial charge is 0.234 e. The van der Waals surface area contributed by atoms with Gasteiger partial charge in [-0.25, -0.2) is 4.39 Å². The van der Waals surface area contributed by atoms with E-state index in [1.165, 1.54) is 23.9 Å². The van der Waals surface area contributed by atoms with Crippen molar-refractivity contribution in [1.29, 1.82) is 0 Å². The zero-order chi connectivity index (χ0) is 16.1. The number of carbonyl (C=O) groups is 1. The predicted octanol–water partition coefficient (Wildman–Crippen LogP) is 3.29. The minimum atomic E-state index is -0.445. The number of halogens is 1. The minimum Gasteiger partial charge on any atom is -0.323 e. The van der Waals surface area contributed by atoms with Crippen LogP contribution < -0.4 is 5.32 Å². The van der Waals surface area contributed by atoms with Crippen LogP contribution in [0.4, 0.5) is 10.1 Å². The summed E-state index contributed by atoms with van der Waals surface area (Å²) in [6.07, 6.45) is 0. The standard InChI is InChI=1S/C15H19FN4OS/c1-4-20-14(10(2)3)18-19-15(20)22-9-13(21)17-12-8-6-5-7-11(12)16/h5-8,10H,4,9H2,1-3H3,(H,17,21). The highest BCUT2D eigenvalue weighted by Gasteiger charge is 2.15. The highest BCUT2D eigenvalue weighted by Crippen LogP contribution is 2.21. The van der Waals surface area contributed by atoms with E-state index in [4.69, 9.17) is 0 Å². The van der Waals surface area contributed by atoms with Crippen LogP contribution in [0.5, 0.6) is 0 Å². The van der Waals surface area contributed by atoms with Crippen LogP contribution in [0, 0.1) is 5.82 Å². The van der Waals surface area contributed by atoms with E-state index in [2.05, 4.69) is 29.4 Å². The lowest BCUT2D eigenvalue weighted by molar-refractivity contribution is -0.113. The van der Waals surface area contributed by atoms with E-state index in [-0.39, 0.29) is 23.3 Å². The Kier molecular flexibility index (Phi) is 5.54. The number of rotatable bonds is 6. The van der Waals surface area contributed by atoms with Crippen LogP contribution in [0.2, 0.25) is 0 Å². The molecule has 0 aliphatic carbocycles. The molecule has 1 heterocycles. The summed E-state index contributed by atoms with van der Waals surface area (Å²) in [6.45, 7) is 6.86. The minimum absolute atomic E-state index is 0.157. The molecule has 1 N–H and O–H groups in total. The number of amides is 1. The second-order valence-electron chi connectivity index (χ2n) is 5.06. The highest BCUT2D eigenvalue weighted by molar-refractivity contribution is 7.99. The summed E-state index contributed by atoms with van der Waals surface area (Å²) in [4.78, 5) is 11.9. The van der Waals surface area contributed by atoms with E-state index in [0.717, 1.165) is 12.4 Å². The fourth-order valence-corrected chi connectivity index (χ4v) is 2.82. The maximum Gasteiger partial charge on any atom is 0.234 e. The lowest BCUT2D eigenvalue weighted by Gasteiger charge is -2.09. The van der Waals surface area contributed by atoms with Crippen LogP contribution in [-0.2, 0) is 11.3 Å². The summed E-state index contributed by atoms with van der Waals surface area (Å²) in [5, 5.41) is 11.5. The van der Waals surface area contributed by atoms with Crippen molar-refractivity contribution in [3.8, 4) is 0 Å². The molecule has 7 heteroatoms. The Morgan fingerprint density at radius 2 is 2.09 bits per heavy atom. The molecule has 0 spiro atoms. The van der Waals surface area contributed by atoms with Gasteiger partial charge >= 0.3 is 0 Å². The third-order valence-corrected chi connectivity index (χ3v) is 4.03. The molecule has 1 aromatic heterocycles. The molecule has 0 fully saturated rings. The van der Waals surface area contributed by atoms with Crippen molar-refractivity contribution < 1.29 is 9.18 Å². The van der Waals surface area contributed by atoms with E-state index in [1.54, 1.807) is 12.1 Å². The molecule has 1 aromatic carbocycles. The number of aromatic nitrogens is 3. The first-order valence-corrected chi connectivity index (χ1v) is 8.11. The average molecular weight is 322 g/mol. The summed E-state index contributed by atoms with van der Waals surface area (Å²) in [6, 6.07) is 6.10. The van der Waals surface area contributed by atoms with E-state index in [1.807, 2.05) is 11.5 Å². The fraction of sp³-hybridized carbons (Fsp3) is 0.400. The van der Waals surface area contributed by atoms with Crippen molar-refractivity contribution in [3.05, 3.63) is 35.9 Å². The third-order valence-electron chi connectivity index (χ3n) is 3.06. The number of benzene rings is 1. The van der Waals surface area contributed by atoms with Gasteiger partial charge in [-0.3, -0.25) is 4.79 Å². The number of nitrogens with one attached hydrogen (secondary N) is 1. The predicted molar refractivity (Wildman–Crippen MR) is 85.5 cm³/mol. The topological polar surface area (TPSA) is 59.8 Å². The largest absolute Gasteiger partial charge is 0.323 e. The molecular formula is C15H19FN4OS. The molecule has 0 aliphatic rings. The second kappa shape index (κ2) is 7.40. The number of anilines is 1. The van der Waals surface area contributed by atoms with Crippen LogP contribution in [-0.4, -0.2) is 26.4 Å². The molecule has 2 aromatic rings. The molecular weight excluding hydrogens is 303 g/mol. The Hall–Kier alpha value is -1.89. The number of carbonyl (C=O) groups excluding carboxylic acids is 1. The van der Waals surface area contributed by atoms with Crippen molar-refractivity contribution in [2.24, 2.45) is 0 Å². The first kappa shape index (κ1) is 16.5. The lowest BCUT2D eigenvalue weighted by atomic mass is 10.2. The van der Waals surface area contributed by atoms with Crippen LogP contribution in [0.1, 0.15) is 32.5 Å². The number of nitrogens with zero attached hydrogens (tertiary/aromatic N) is 3. The summed E-state index contributed by atoms with van der Waals surface area (Å²) >= 11 is 1.30. The van der Waals surface area contributed by atoms with Crippen molar-refractivity contribution >= 4 is 23.4 Å². The lowest BCUT2D eigenvalue weighted by Crippen LogP contribution is -2.15. The van der Waals surface area contributed by atoms with E-state index in [0.29, 0.717) is 5.16 Å². The summed E-state index contributed by atoms with van der Waals surface area (Å²) < 4.78 is 15.5. The van der Waals surface area contributed by atoms with Gasteiger partial charge < -0.3 is 9.88 Å². The maximum atomic E-state index is 13.5. The number of para-hydroxylation sites is 1. The molecule has 118 valence electrons. The SMILES string of the molecule is CCn1c(SCC(=O)Nc2ccccc2F)nnc1C(C)C. The van der Waals surface area contributed by atoms with Crippen molar-refractivity contribution in [2.75, 3.05) is 11.1 Å². The zero-order valence-corrected chi connectivity index (χ0v) is 13.7. The molecule has 0 radical (unpaired) electrons. The van der Waals surface area contributed by atoms with Crippen molar-refractivity contribution in [2.45, 2.75) is 38.4 Å². The molecule has 0 unspecified atom stereocenters. The summed E-state index contributed by atoms with van der Waals surface area (Å²) in [5.41, 5.74) is 0.188. The van der Waals surface area contributed by atoms with Gasteiger partial charge in [0.15, 0.2) is 5.16 Å². The van der Waals surface area contributed by atoms with Gasteiger partial charge in [0, 0.05) is 12.5 Å². The Bertz CT molecular complexity index is 657. The van der Waals surface area contributed by atoms with Gasteiger partial charge in [-0.15, -0.1) is 10.2 Å². The molecule has 5 nitrogen and oxygen atoms in total.